The molecule has 1 aromatic rings. The molecule has 1 aromatic carbocycles. The van der Waals surface area contributed by atoms with Crippen molar-refractivity contribution in [2.75, 3.05) is 33.9 Å². The Morgan fingerprint density at radius 1 is 1.12 bits per heavy atom. The van der Waals surface area contributed by atoms with E-state index in [-0.39, 0.29) is 12.4 Å². The molecule has 0 saturated carbocycles. The van der Waals surface area contributed by atoms with E-state index in [1.165, 1.54) is 0 Å². The second-order valence-corrected chi connectivity index (χ2v) is 3.19. The first kappa shape index (κ1) is 15.9. The molecule has 0 amide bonds. The Bertz CT molecular complexity index is 298. The molecule has 98 valence electrons. The van der Waals surface area contributed by atoms with Gasteiger partial charge in [-0.05, 0) is 18.7 Å². The maximum atomic E-state index is 5.64. The summed E-state index contributed by atoms with van der Waals surface area (Å²) in [7, 11) is 3.23. The van der Waals surface area contributed by atoms with Crippen molar-refractivity contribution in [1.29, 1.82) is 0 Å². The van der Waals surface area contributed by atoms with Gasteiger partial charge in [0.2, 0.25) is 5.75 Å². The van der Waals surface area contributed by atoms with Crippen LogP contribution in [0.3, 0.4) is 0 Å². The lowest BCUT2D eigenvalue weighted by Gasteiger charge is -2.13. The van der Waals surface area contributed by atoms with Crippen LogP contribution in [0, 0.1) is 0 Å². The van der Waals surface area contributed by atoms with Gasteiger partial charge in [0.1, 0.15) is 6.61 Å². The molecular weight excluding hydrogens is 242 g/mol. The minimum absolute atomic E-state index is 0. The summed E-state index contributed by atoms with van der Waals surface area (Å²) in [5.41, 5.74) is 0. The third-order valence-corrected chi connectivity index (χ3v) is 2.16. The van der Waals surface area contributed by atoms with Crippen molar-refractivity contribution in [3.8, 4) is 17.2 Å². The summed E-state index contributed by atoms with van der Waals surface area (Å²) in [4.78, 5) is 0. The molecule has 1 N–H and O–H groups in total. The van der Waals surface area contributed by atoms with Gasteiger partial charge in [0.05, 0.1) is 14.2 Å². The summed E-state index contributed by atoms with van der Waals surface area (Å²) in [5, 5.41) is 3.19. The van der Waals surface area contributed by atoms with Crippen LogP contribution in [0.4, 0.5) is 0 Å². The molecule has 0 aliphatic carbocycles. The maximum Gasteiger partial charge on any atom is 0.203 e. The van der Waals surface area contributed by atoms with Gasteiger partial charge in [0.25, 0.3) is 0 Å². The summed E-state index contributed by atoms with van der Waals surface area (Å²) in [6, 6.07) is 5.57. The van der Waals surface area contributed by atoms with E-state index in [9.17, 15) is 0 Å². The Balaban J connectivity index is 0.00000256. The van der Waals surface area contributed by atoms with Crippen LogP contribution < -0.4 is 19.5 Å². The Morgan fingerprint density at radius 2 is 1.71 bits per heavy atom. The molecule has 0 fully saturated rings. The highest BCUT2D eigenvalue weighted by atomic mass is 35.5. The van der Waals surface area contributed by atoms with Gasteiger partial charge >= 0.3 is 0 Å². The number of nitrogens with one attached hydrogen (secondary N) is 1. The first-order valence-electron chi connectivity index (χ1n) is 5.38. The summed E-state index contributed by atoms with van der Waals surface area (Å²) in [6.45, 7) is 4.39. The van der Waals surface area contributed by atoms with Crippen LogP contribution in [0.15, 0.2) is 18.2 Å². The number of likely N-dealkylation sites (N-methyl/N-ethyl adjacent to an activating group) is 1. The predicted molar refractivity (Wildman–Crippen MR) is 70.8 cm³/mol. The van der Waals surface area contributed by atoms with E-state index < -0.39 is 0 Å². The molecule has 1 rings (SSSR count). The van der Waals surface area contributed by atoms with Crippen LogP contribution in [0.5, 0.6) is 17.2 Å². The van der Waals surface area contributed by atoms with E-state index >= 15 is 0 Å². The molecule has 0 unspecified atom stereocenters. The van der Waals surface area contributed by atoms with E-state index in [2.05, 4.69) is 12.2 Å². The molecule has 5 heteroatoms. The van der Waals surface area contributed by atoms with E-state index in [0.29, 0.717) is 23.9 Å². The Kier molecular flexibility index (Phi) is 8.36. The van der Waals surface area contributed by atoms with Gasteiger partial charge < -0.3 is 19.5 Å². The SMILES string of the molecule is CCNCCOc1c(OC)cccc1OC.Cl. The number of ether oxygens (including phenoxy) is 3. The molecule has 0 bridgehead atoms. The highest BCUT2D eigenvalue weighted by Gasteiger charge is 2.10. The Labute approximate surface area is 109 Å². The predicted octanol–water partition coefficient (Wildman–Crippen LogP) is 2.11. The Hall–Kier alpha value is -1.13. The van der Waals surface area contributed by atoms with Gasteiger partial charge in [-0.1, -0.05) is 13.0 Å². The lowest BCUT2D eigenvalue weighted by atomic mass is 10.3. The molecule has 17 heavy (non-hydrogen) atoms. The highest BCUT2D eigenvalue weighted by Crippen LogP contribution is 2.36. The van der Waals surface area contributed by atoms with Crippen molar-refractivity contribution in [1.82, 2.24) is 5.32 Å². The van der Waals surface area contributed by atoms with E-state index in [1.54, 1.807) is 14.2 Å². The zero-order valence-corrected chi connectivity index (χ0v) is 11.3. The quantitative estimate of drug-likeness (QED) is 0.764. The summed E-state index contributed by atoms with van der Waals surface area (Å²) >= 11 is 0. The number of methoxy groups -OCH3 is 2. The number of benzene rings is 1. The van der Waals surface area contributed by atoms with Crippen molar-refractivity contribution < 1.29 is 14.2 Å². The molecule has 0 aromatic heterocycles. The van der Waals surface area contributed by atoms with Crippen LogP contribution in [0.25, 0.3) is 0 Å². The standard InChI is InChI=1S/C12H19NO3.ClH/c1-4-13-8-9-16-12-10(14-2)6-5-7-11(12)15-3;/h5-7,13H,4,8-9H2,1-3H3;1H. The third-order valence-electron chi connectivity index (χ3n) is 2.16. The first-order valence-corrected chi connectivity index (χ1v) is 5.38. The van der Waals surface area contributed by atoms with Crippen molar-refractivity contribution in [3.05, 3.63) is 18.2 Å². The van der Waals surface area contributed by atoms with Crippen molar-refractivity contribution >= 4 is 12.4 Å². The average Bonchev–Trinajstić information content (AvgIpc) is 2.34. The summed E-state index contributed by atoms with van der Waals surface area (Å²) < 4.78 is 16.1. The second kappa shape index (κ2) is 8.96. The van der Waals surface area contributed by atoms with Crippen LogP contribution >= 0.6 is 12.4 Å². The number of para-hydroxylation sites is 1. The topological polar surface area (TPSA) is 39.7 Å². The van der Waals surface area contributed by atoms with Gasteiger partial charge in [-0.3, -0.25) is 0 Å². The second-order valence-electron chi connectivity index (χ2n) is 3.19. The molecular formula is C12H20ClNO3. The van der Waals surface area contributed by atoms with Crippen molar-refractivity contribution in [2.45, 2.75) is 6.92 Å². The summed E-state index contributed by atoms with van der Waals surface area (Å²) in [5.74, 6) is 2.04. The van der Waals surface area contributed by atoms with Gasteiger partial charge in [-0.2, -0.15) is 0 Å². The van der Waals surface area contributed by atoms with Crippen molar-refractivity contribution in [2.24, 2.45) is 0 Å². The first-order chi connectivity index (χ1) is 7.83. The molecule has 0 saturated heterocycles. The van der Waals surface area contributed by atoms with Crippen LogP contribution in [0.2, 0.25) is 0 Å². The number of hydrogen-bond donors (Lipinski definition) is 1. The van der Waals surface area contributed by atoms with E-state index in [1.807, 2.05) is 18.2 Å². The minimum Gasteiger partial charge on any atom is -0.493 e. The Morgan fingerprint density at radius 3 is 2.18 bits per heavy atom. The minimum atomic E-state index is 0. The van der Waals surface area contributed by atoms with Gasteiger partial charge in [-0.15, -0.1) is 12.4 Å². The van der Waals surface area contributed by atoms with Gasteiger partial charge in [-0.25, -0.2) is 0 Å². The smallest absolute Gasteiger partial charge is 0.203 e. The highest BCUT2D eigenvalue weighted by molar-refractivity contribution is 5.85. The monoisotopic (exact) mass is 261 g/mol. The maximum absolute atomic E-state index is 5.64. The van der Waals surface area contributed by atoms with Crippen LogP contribution in [0.1, 0.15) is 6.92 Å². The largest absolute Gasteiger partial charge is 0.493 e. The molecule has 0 aliphatic heterocycles. The van der Waals surface area contributed by atoms with E-state index in [4.69, 9.17) is 14.2 Å². The molecule has 0 atom stereocenters. The zero-order valence-electron chi connectivity index (χ0n) is 10.5. The summed E-state index contributed by atoms with van der Waals surface area (Å²) in [6.07, 6.45) is 0. The number of hydrogen-bond acceptors (Lipinski definition) is 4. The number of rotatable bonds is 7. The van der Waals surface area contributed by atoms with Crippen LogP contribution in [-0.4, -0.2) is 33.9 Å². The lowest BCUT2D eigenvalue weighted by Crippen LogP contribution is -2.20. The fourth-order valence-corrected chi connectivity index (χ4v) is 1.36. The average molecular weight is 262 g/mol. The molecule has 0 heterocycles. The molecule has 0 aliphatic rings. The third kappa shape index (κ3) is 4.71. The van der Waals surface area contributed by atoms with Gasteiger partial charge in [0.15, 0.2) is 11.5 Å². The fourth-order valence-electron chi connectivity index (χ4n) is 1.36. The number of halogens is 1. The normalized spacial score (nSPS) is 9.35. The lowest BCUT2D eigenvalue weighted by molar-refractivity contribution is 0.274. The van der Waals surface area contributed by atoms with E-state index in [0.717, 1.165) is 13.1 Å². The van der Waals surface area contributed by atoms with Gasteiger partial charge in [0, 0.05) is 6.54 Å². The van der Waals surface area contributed by atoms with Crippen LogP contribution in [-0.2, 0) is 0 Å². The molecule has 4 nitrogen and oxygen atoms in total. The molecule has 0 radical (unpaired) electrons. The zero-order chi connectivity index (χ0) is 11.8. The van der Waals surface area contributed by atoms with Crippen molar-refractivity contribution in [3.63, 3.8) is 0 Å². The fraction of sp³-hybridized carbons (Fsp3) is 0.500. The molecule has 0 spiro atoms.